The number of hydrogen-bond donors (Lipinski definition) is 2. The Labute approximate surface area is 120 Å². The van der Waals surface area contributed by atoms with E-state index in [0.717, 1.165) is 22.4 Å². The van der Waals surface area contributed by atoms with Crippen LogP contribution < -0.4 is 11.1 Å². The third-order valence-corrected chi connectivity index (χ3v) is 4.20. The molecule has 0 fully saturated rings. The van der Waals surface area contributed by atoms with E-state index in [4.69, 9.17) is 5.73 Å². The second-order valence-electron chi connectivity index (χ2n) is 4.45. The minimum atomic E-state index is -0.622. The van der Waals surface area contributed by atoms with Crippen LogP contribution in [0.5, 0.6) is 0 Å². The van der Waals surface area contributed by atoms with Crippen molar-refractivity contribution in [1.82, 2.24) is 10.3 Å². The van der Waals surface area contributed by atoms with E-state index in [1.807, 2.05) is 13.8 Å². The molecule has 0 spiro atoms. The Morgan fingerprint density at radius 2 is 2.30 bits per heavy atom. The van der Waals surface area contributed by atoms with Gasteiger partial charge in [0, 0.05) is 16.8 Å². The molecule has 106 valence electrons. The average Bonchev–Trinajstić information content (AvgIpc) is 2.87. The number of nitrogens with zero attached hydrogens (tertiary/aromatic N) is 1. The second kappa shape index (κ2) is 6.00. The molecular weight excluding hydrogens is 277 g/mol. The lowest BCUT2D eigenvalue weighted by molar-refractivity contribution is 0.0936. The van der Waals surface area contributed by atoms with Crippen LogP contribution in [0.4, 0.5) is 10.1 Å². The predicted molar refractivity (Wildman–Crippen MR) is 78.2 cm³/mol. The Kier molecular flexibility index (Phi) is 4.34. The standard InChI is InChI=1S/C14H16FN3OS/c1-3-10-7-17-14(20-10)8(2)18-13(19)11-5-4-9(16)6-12(11)15/h4-8H,3,16H2,1-2H3,(H,18,19). The van der Waals surface area contributed by atoms with Gasteiger partial charge in [0.2, 0.25) is 0 Å². The highest BCUT2D eigenvalue weighted by Crippen LogP contribution is 2.21. The van der Waals surface area contributed by atoms with Crippen LogP contribution in [0.15, 0.2) is 24.4 Å². The molecule has 0 aliphatic rings. The molecule has 4 nitrogen and oxygen atoms in total. The topological polar surface area (TPSA) is 68.0 Å². The van der Waals surface area contributed by atoms with Crippen LogP contribution in [0.3, 0.4) is 0 Å². The molecule has 1 atom stereocenters. The lowest BCUT2D eigenvalue weighted by Gasteiger charge is -2.11. The number of anilines is 1. The molecule has 0 radical (unpaired) electrons. The van der Waals surface area contributed by atoms with E-state index >= 15 is 0 Å². The zero-order chi connectivity index (χ0) is 14.7. The Hall–Kier alpha value is -1.95. The van der Waals surface area contributed by atoms with Crippen molar-refractivity contribution in [3.05, 3.63) is 45.7 Å². The molecule has 1 heterocycles. The van der Waals surface area contributed by atoms with E-state index in [1.165, 1.54) is 12.1 Å². The third kappa shape index (κ3) is 3.14. The third-order valence-electron chi connectivity index (χ3n) is 2.88. The number of nitrogens with one attached hydrogen (secondary N) is 1. The van der Waals surface area contributed by atoms with Gasteiger partial charge in [0.25, 0.3) is 5.91 Å². The van der Waals surface area contributed by atoms with Gasteiger partial charge in [-0.05, 0) is 31.5 Å². The second-order valence-corrected chi connectivity index (χ2v) is 5.60. The zero-order valence-corrected chi connectivity index (χ0v) is 12.1. The lowest BCUT2D eigenvalue weighted by Crippen LogP contribution is -2.27. The fourth-order valence-corrected chi connectivity index (χ4v) is 2.60. The van der Waals surface area contributed by atoms with Crippen molar-refractivity contribution in [2.75, 3.05) is 5.73 Å². The summed E-state index contributed by atoms with van der Waals surface area (Å²) in [7, 11) is 0. The van der Waals surface area contributed by atoms with Crippen LogP contribution in [-0.4, -0.2) is 10.9 Å². The van der Waals surface area contributed by atoms with Gasteiger partial charge in [-0.25, -0.2) is 9.37 Å². The fourth-order valence-electron chi connectivity index (χ4n) is 1.74. The van der Waals surface area contributed by atoms with E-state index in [0.29, 0.717) is 5.69 Å². The predicted octanol–water partition coefficient (Wildman–Crippen LogP) is 2.92. The molecule has 0 bridgehead atoms. The first-order chi connectivity index (χ1) is 9.51. The van der Waals surface area contributed by atoms with Gasteiger partial charge in [0.1, 0.15) is 10.8 Å². The van der Waals surface area contributed by atoms with Crippen LogP contribution in [-0.2, 0) is 6.42 Å². The monoisotopic (exact) mass is 293 g/mol. The van der Waals surface area contributed by atoms with Crippen LogP contribution in [0, 0.1) is 5.82 Å². The summed E-state index contributed by atoms with van der Waals surface area (Å²) in [6.45, 7) is 3.87. The Morgan fingerprint density at radius 1 is 1.55 bits per heavy atom. The molecule has 2 rings (SSSR count). The van der Waals surface area contributed by atoms with Gasteiger partial charge in [0.15, 0.2) is 0 Å². The number of rotatable bonds is 4. The number of nitrogens with two attached hydrogens (primary N) is 1. The van der Waals surface area contributed by atoms with Crippen molar-refractivity contribution in [1.29, 1.82) is 0 Å². The summed E-state index contributed by atoms with van der Waals surface area (Å²) in [5, 5.41) is 3.55. The molecule has 0 aliphatic carbocycles. The molecule has 1 aromatic heterocycles. The number of nitrogen functional groups attached to an aromatic ring is 1. The molecule has 0 aliphatic heterocycles. The maximum absolute atomic E-state index is 13.7. The molecule has 6 heteroatoms. The van der Waals surface area contributed by atoms with Crippen molar-refractivity contribution in [2.24, 2.45) is 0 Å². The Balaban J connectivity index is 2.10. The normalized spacial score (nSPS) is 12.2. The number of amides is 1. The van der Waals surface area contributed by atoms with Crippen molar-refractivity contribution in [3.63, 3.8) is 0 Å². The molecule has 1 unspecified atom stereocenters. The van der Waals surface area contributed by atoms with Crippen molar-refractivity contribution < 1.29 is 9.18 Å². The van der Waals surface area contributed by atoms with E-state index in [2.05, 4.69) is 10.3 Å². The number of thiazole rings is 1. The lowest BCUT2D eigenvalue weighted by atomic mass is 10.1. The largest absolute Gasteiger partial charge is 0.399 e. The first kappa shape index (κ1) is 14.5. The molecule has 0 saturated heterocycles. The van der Waals surface area contributed by atoms with Gasteiger partial charge in [-0.2, -0.15) is 0 Å². The van der Waals surface area contributed by atoms with Crippen LogP contribution in [0.1, 0.15) is 40.1 Å². The van der Waals surface area contributed by atoms with Gasteiger partial charge in [0.05, 0.1) is 11.6 Å². The Morgan fingerprint density at radius 3 is 2.90 bits per heavy atom. The summed E-state index contributed by atoms with van der Waals surface area (Å²) in [4.78, 5) is 17.4. The van der Waals surface area contributed by atoms with Gasteiger partial charge in [-0.3, -0.25) is 4.79 Å². The van der Waals surface area contributed by atoms with Gasteiger partial charge < -0.3 is 11.1 Å². The summed E-state index contributed by atoms with van der Waals surface area (Å²) in [5.74, 6) is -1.09. The first-order valence-electron chi connectivity index (χ1n) is 6.31. The van der Waals surface area contributed by atoms with E-state index in [-0.39, 0.29) is 11.6 Å². The molecule has 2 aromatic rings. The van der Waals surface area contributed by atoms with Gasteiger partial charge >= 0.3 is 0 Å². The number of halogens is 1. The number of carbonyl (C=O) groups is 1. The number of hydrogen-bond acceptors (Lipinski definition) is 4. The minimum absolute atomic E-state index is 0.0154. The smallest absolute Gasteiger partial charge is 0.254 e. The van der Waals surface area contributed by atoms with Crippen LogP contribution in [0.25, 0.3) is 0 Å². The summed E-state index contributed by atoms with van der Waals surface area (Å²) < 4.78 is 13.7. The van der Waals surface area contributed by atoms with E-state index < -0.39 is 11.7 Å². The quantitative estimate of drug-likeness (QED) is 0.852. The minimum Gasteiger partial charge on any atom is -0.399 e. The number of aromatic nitrogens is 1. The number of aryl methyl sites for hydroxylation is 1. The fraction of sp³-hybridized carbons (Fsp3) is 0.286. The number of benzene rings is 1. The first-order valence-corrected chi connectivity index (χ1v) is 7.13. The van der Waals surface area contributed by atoms with Crippen molar-refractivity contribution in [2.45, 2.75) is 26.3 Å². The maximum Gasteiger partial charge on any atom is 0.254 e. The van der Waals surface area contributed by atoms with Crippen molar-refractivity contribution >= 4 is 22.9 Å². The Bertz CT molecular complexity index is 627. The molecule has 3 N–H and O–H groups in total. The van der Waals surface area contributed by atoms with E-state index in [1.54, 1.807) is 17.5 Å². The molecule has 20 heavy (non-hydrogen) atoms. The van der Waals surface area contributed by atoms with Crippen LogP contribution in [0.2, 0.25) is 0 Å². The van der Waals surface area contributed by atoms with Crippen LogP contribution >= 0.6 is 11.3 Å². The molecule has 0 saturated carbocycles. The number of carbonyl (C=O) groups excluding carboxylic acids is 1. The summed E-state index contributed by atoms with van der Waals surface area (Å²) >= 11 is 1.55. The van der Waals surface area contributed by atoms with Crippen molar-refractivity contribution in [3.8, 4) is 0 Å². The van der Waals surface area contributed by atoms with Gasteiger partial charge in [-0.1, -0.05) is 6.92 Å². The zero-order valence-electron chi connectivity index (χ0n) is 11.3. The molecular formula is C14H16FN3OS. The molecule has 1 aromatic carbocycles. The SMILES string of the molecule is CCc1cnc(C(C)NC(=O)c2ccc(N)cc2F)s1. The average molecular weight is 293 g/mol. The highest BCUT2D eigenvalue weighted by atomic mass is 32.1. The van der Waals surface area contributed by atoms with Gasteiger partial charge in [-0.15, -0.1) is 11.3 Å². The summed E-state index contributed by atoms with van der Waals surface area (Å²) in [6, 6.07) is 3.76. The van der Waals surface area contributed by atoms with E-state index in [9.17, 15) is 9.18 Å². The summed E-state index contributed by atoms with van der Waals surface area (Å²) in [5.41, 5.74) is 5.73. The molecule has 1 amide bonds. The highest BCUT2D eigenvalue weighted by molar-refractivity contribution is 7.11. The highest BCUT2D eigenvalue weighted by Gasteiger charge is 2.17. The summed E-state index contributed by atoms with van der Waals surface area (Å²) in [6.07, 6.45) is 2.71. The maximum atomic E-state index is 13.7.